The molecule has 0 aliphatic heterocycles. The number of aromatic carboxylic acids is 1. The van der Waals surface area contributed by atoms with Crippen molar-refractivity contribution < 1.29 is 14.3 Å². The second-order valence-corrected chi connectivity index (χ2v) is 2.31. The molecule has 2 aromatic rings. The lowest BCUT2D eigenvalue weighted by Crippen LogP contribution is -1.92. The van der Waals surface area contributed by atoms with Crippen molar-refractivity contribution >= 4 is 5.97 Å². The number of nitrogens with zero attached hydrogens (tertiary/aromatic N) is 3. The number of aromatic nitrogens is 3. The number of carboxylic acids is 1. The van der Waals surface area contributed by atoms with Crippen LogP contribution in [-0.4, -0.2) is 25.8 Å². The molecule has 2 aromatic heterocycles. The third-order valence-electron chi connectivity index (χ3n) is 1.48. The summed E-state index contributed by atoms with van der Waals surface area (Å²) >= 11 is 0. The maximum Gasteiger partial charge on any atom is 0.371 e. The second-order valence-electron chi connectivity index (χ2n) is 2.31. The Balaban J connectivity index is 2.39. The molecule has 0 atom stereocenters. The molecule has 0 amide bonds. The van der Waals surface area contributed by atoms with Crippen LogP contribution in [0.4, 0.5) is 0 Å². The molecule has 6 nitrogen and oxygen atoms in total. The van der Waals surface area contributed by atoms with Gasteiger partial charge in [0.15, 0.2) is 0 Å². The summed E-state index contributed by atoms with van der Waals surface area (Å²) in [6.45, 7) is 0. The predicted octanol–water partition coefficient (Wildman–Crippen LogP) is 0.558. The number of hydrogen-bond donors (Lipinski definition) is 1. The Morgan fingerprint density at radius 1 is 1.38 bits per heavy atom. The summed E-state index contributed by atoms with van der Waals surface area (Å²) in [4.78, 5) is 10.4. The molecule has 0 spiro atoms. The molecule has 13 heavy (non-hydrogen) atoms. The molecule has 0 radical (unpaired) electrons. The van der Waals surface area contributed by atoms with Crippen LogP contribution in [0.5, 0.6) is 0 Å². The first-order valence-corrected chi connectivity index (χ1v) is 3.45. The van der Waals surface area contributed by atoms with E-state index in [9.17, 15) is 4.79 Å². The molecule has 2 heterocycles. The van der Waals surface area contributed by atoms with Crippen LogP contribution < -0.4 is 0 Å². The van der Waals surface area contributed by atoms with E-state index in [1.807, 2.05) is 0 Å². The SMILES string of the molecule is O=C(O)c1ccc(-n2cnnc2)o1. The summed E-state index contributed by atoms with van der Waals surface area (Å²) in [5, 5.41) is 15.7. The third kappa shape index (κ3) is 1.28. The zero-order valence-electron chi connectivity index (χ0n) is 6.41. The summed E-state index contributed by atoms with van der Waals surface area (Å²) in [6, 6.07) is 2.91. The summed E-state index contributed by atoms with van der Waals surface area (Å²) in [5.41, 5.74) is 0. The van der Waals surface area contributed by atoms with Crippen LogP contribution in [0.15, 0.2) is 29.2 Å². The van der Waals surface area contributed by atoms with Crippen molar-refractivity contribution in [1.29, 1.82) is 0 Å². The maximum absolute atomic E-state index is 10.4. The highest BCUT2D eigenvalue weighted by atomic mass is 16.4. The van der Waals surface area contributed by atoms with Gasteiger partial charge in [-0.1, -0.05) is 0 Å². The lowest BCUT2D eigenvalue weighted by atomic mass is 10.5. The standard InChI is InChI=1S/C7H5N3O3/c11-7(12)5-1-2-6(13-5)10-3-8-9-4-10/h1-4H,(H,11,12). The van der Waals surface area contributed by atoms with Crippen molar-refractivity contribution in [2.24, 2.45) is 0 Å². The number of carbonyl (C=O) groups is 1. The number of hydrogen-bond acceptors (Lipinski definition) is 4. The van der Waals surface area contributed by atoms with Gasteiger partial charge in [0, 0.05) is 6.07 Å². The largest absolute Gasteiger partial charge is 0.475 e. The molecule has 0 fully saturated rings. The molecule has 1 N–H and O–H groups in total. The minimum atomic E-state index is -1.10. The van der Waals surface area contributed by atoms with Crippen LogP contribution in [0.3, 0.4) is 0 Å². The van der Waals surface area contributed by atoms with Crippen molar-refractivity contribution in [3.63, 3.8) is 0 Å². The molecule has 0 aliphatic rings. The molecule has 6 heteroatoms. The van der Waals surface area contributed by atoms with Gasteiger partial charge in [-0.25, -0.2) is 4.79 Å². The van der Waals surface area contributed by atoms with E-state index in [4.69, 9.17) is 9.52 Å². The Labute approximate surface area is 72.4 Å². The van der Waals surface area contributed by atoms with Crippen LogP contribution in [0.25, 0.3) is 5.88 Å². The van der Waals surface area contributed by atoms with Gasteiger partial charge < -0.3 is 9.52 Å². The van der Waals surface area contributed by atoms with Crippen LogP contribution in [-0.2, 0) is 0 Å². The Hall–Kier alpha value is -2.11. The first kappa shape index (κ1) is 7.53. The van der Waals surface area contributed by atoms with E-state index in [1.165, 1.54) is 29.4 Å². The smallest absolute Gasteiger partial charge is 0.371 e. The molecule has 0 aromatic carbocycles. The molecule has 0 unspecified atom stereocenters. The van der Waals surface area contributed by atoms with Gasteiger partial charge in [0.05, 0.1) is 0 Å². The third-order valence-corrected chi connectivity index (χ3v) is 1.48. The Bertz CT molecular complexity index is 418. The van der Waals surface area contributed by atoms with Gasteiger partial charge >= 0.3 is 5.97 Å². The van der Waals surface area contributed by atoms with Crippen molar-refractivity contribution in [2.75, 3.05) is 0 Å². The molecule has 0 saturated heterocycles. The van der Waals surface area contributed by atoms with Crippen LogP contribution in [0.2, 0.25) is 0 Å². The molecule has 2 rings (SSSR count). The fourth-order valence-electron chi connectivity index (χ4n) is 0.896. The summed E-state index contributed by atoms with van der Waals surface area (Å²) in [7, 11) is 0. The van der Waals surface area contributed by atoms with Gasteiger partial charge in [-0.3, -0.25) is 4.57 Å². The summed E-state index contributed by atoms with van der Waals surface area (Å²) in [6.07, 6.45) is 2.84. The van der Waals surface area contributed by atoms with Crippen molar-refractivity contribution in [1.82, 2.24) is 14.8 Å². The van der Waals surface area contributed by atoms with E-state index in [0.29, 0.717) is 5.88 Å². The lowest BCUT2D eigenvalue weighted by Gasteiger charge is -1.91. The average Bonchev–Trinajstić information content (AvgIpc) is 2.75. The topological polar surface area (TPSA) is 81.1 Å². The van der Waals surface area contributed by atoms with E-state index in [1.54, 1.807) is 0 Å². The molecular formula is C7H5N3O3. The van der Waals surface area contributed by atoms with Crippen molar-refractivity contribution in [3.05, 3.63) is 30.5 Å². The van der Waals surface area contributed by atoms with Crippen molar-refractivity contribution in [3.8, 4) is 5.88 Å². The lowest BCUT2D eigenvalue weighted by molar-refractivity contribution is 0.0662. The number of carboxylic acid groups (broad SMARTS) is 1. The predicted molar refractivity (Wildman–Crippen MR) is 40.6 cm³/mol. The van der Waals surface area contributed by atoms with E-state index in [0.717, 1.165) is 0 Å². The van der Waals surface area contributed by atoms with Gasteiger partial charge in [0.1, 0.15) is 12.7 Å². The Morgan fingerprint density at radius 2 is 2.08 bits per heavy atom. The first-order chi connectivity index (χ1) is 6.27. The van der Waals surface area contributed by atoms with Crippen LogP contribution in [0, 0.1) is 0 Å². The highest BCUT2D eigenvalue weighted by Gasteiger charge is 2.09. The van der Waals surface area contributed by atoms with Crippen LogP contribution in [0.1, 0.15) is 10.6 Å². The maximum atomic E-state index is 10.4. The molecule has 0 bridgehead atoms. The van der Waals surface area contributed by atoms with Gasteiger partial charge in [0.25, 0.3) is 0 Å². The molecule has 66 valence electrons. The highest BCUT2D eigenvalue weighted by Crippen LogP contribution is 2.11. The zero-order chi connectivity index (χ0) is 9.26. The second kappa shape index (κ2) is 2.74. The number of rotatable bonds is 2. The van der Waals surface area contributed by atoms with E-state index in [2.05, 4.69) is 10.2 Å². The summed E-state index contributed by atoms with van der Waals surface area (Å²) < 4.78 is 6.45. The van der Waals surface area contributed by atoms with Crippen molar-refractivity contribution in [2.45, 2.75) is 0 Å². The van der Waals surface area contributed by atoms with Gasteiger partial charge in [-0.15, -0.1) is 10.2 Å². The van der Waals surface area contributed by atoms with Gasteiger partial charge in [0.2, 0.25) is 11.6 Å². The van der Waals surface area contributed by atoms with Gasteiger partial charge in [-0.05, 0) is 6.07 Å². The van der Waals surface area contributed by atoms with Crippen LogP contribution >= 0.6 is 0 Å². The monoisotopic (exact) mass is 179 g/mol. The molecule has 0 aliphatic carbocycles. The molecule has 0 saturated carbocycles. The van der Waals surface area contributed by atoms with E-state index in [-0.39, 0.29) is 5.76 Å². The quantitative estimate of drug-likeness (QED) is 0.728. The number of furan rings is 1. The Morgan fingerprint density at radius 3 is 2.62 bits per heavy atom. The Kier molecular flexibility index (Phi) is 1.59. The zero-order valence-corrected chi connectivity index (χ0v) is 6.41. The van der Waals surface area contributed by atoms with E-state index >= 15 is 0 Å². The minimum absolute atomic E-state index is 0.108. The molecular weight excluding hydrogens is 174 g/mol. The highest BCUT2D eigenvalue weighted by molar-refractivity contribution is 5.84. The van der Waals surface area contributed by atoms with E-state index < -0.39 is 5.97 Å². The van der Waals surface area contributed by atoms with Gasteiger partial charge in [-0.2, -0.15) is 0 Å². The average molecular weight is 179 g/mol. The fraction of sp³-hybridized carbons (Fsp3) is 0. The minimum Gasteiger partial charge on any atom is -0.475 e. The normalized spacial score (nSPS) is 10.2. The first-order valence-electron chi connectivity index (χ1n) is 3.45. The summed E-state index contributed by atoms with van der Waals surface area (Å²) in [5.74, 6) is -0.828. The fourth-order valence-corrected chi connectivity index (χ4v) is 0.896.